The summed E-state index contributed by atoms with van der Waals surface area (Å²) in [5.74, 6) is 0.00874. The minimum Gasteiger partial charge on any atom is -0.352 e. The van der Waals surface area contributed by atoms with Crippen molar-refractivity contribution >= 4 is 34.6 Å². The molecule has 6 rings (SSSR count). The number of aryl methyl sites for hydroxylation is 1. The van der Waals surface area contributed by atoms with Gasteiger partial charge in [-0.05, 0) is 61.9 Å². The van der Waals surface area contributed by atoms with Gasteiger partial charge in [0, 0.05) is 24.9 Å². The number of hydrogen-bond donors (Lipinski definition) is 1. The summed E-state index contributed by atoms with van der Waals surface area (Å²) in [5.41, 5.74) is 2.64. The zero-order valence-electron chi connectivity index (χ0n) is 19.8. The first-order valence-corrected chi connectivity index (χ1v) is 12.4. The molecule has 3 aliphatic rings. The maximum atomic E-state index is 14.1. The van der Waals surface area contributed by atoms with Gasteiger partial charge in [-0.3, -0.25) is 19.8 Å². The lowest BCUT2D eigenvalue weighted by molar-refractivity contribution is -0.154. The van der Waals surface area contributed by atoms with Crippen molar-refractivity contribution in [2.75, 3.05) is 18.0 Å². The number of amides is 4. The minimum atomic E-state index is -1.34. The van der Waals surface area contributed by atoms with Crippen LogP contribution in [0.2, 0.25) is 0 Å². The topological polar surface area (TPSA) is 82.6 Å². The van der Waals surface area contributed by atoms with E-state index >= 15 is 0 Å². The Labute approximate surface area is 204 Å². The van der Waals surface area contributed by atoms with E-state index in [9.17, 15) is 14.4 Å². The number of hydrogen-bond acceptors (Lipinski definition) is 5. The molecule has 35 heavy (non-hydrogen) atoms. The number of nitrogens with one attached hydrogen (secondary N) is 1. The number of carbonyl (C=O) groups excluding carboxylic acids is 3. The highest BCUT2D eigenvalue weighted by Crippen LogP contribution is 2.47. The second kappa shape index (κ2) is 8.18. The number of barbiturate groups is 1. The van der Waals surface area contributed by atoms with Gasteiger partial charge in [0.05, 0.1) is 11.6 Å². The number of benzene rings is 2. The summed E-state index contributed by atoms with van der Waals surface area (Å²) in [6.45, 7) is 3.01. The number of imide groups is 2. The maximum absolute atomic E-state index is 14.1. The second-order valence-corrected chi connectivity index (χ2v) is 9.97. The van der Waals surface area contributed by atoms with Crippen LogP contribution < -0.4 is 10.2 Å². The summed E-state index contributed by atoms with van der Waals surface area (Å²) in [6.07, 6.45) is 3.42. The van der Waals surface area contributed by atoms with Crippen LogP contribution in [0.25, 0.3) is 10.9 Å². The zero-order chi connectivity index (χ0) is 24.2. The number of fused-ring (bicyclic) bond motifs is 5. The Morgan fingerprint density at radius 3 is 2.71 bits per heavy atom. The molecule has 3 aliphatic heterocycles. The van der Waals surface area contributed by atoms with Crippen molar-refractivity contribution in [3.63, 3.8) is 0 Å². The van der Waals surface area contributed by atoms with Gasteiger partial charge in [0.2, 0.25) is 11.8 Å². The fourth-order valence-corrected chi connectivity index (χ4v) is 6.07. The molecule has 2 fully saturated rings. The Morgan fingerprint density at radius 2 is 1.89 bits per heavy atom. The molecule has 2 saturated heterocycles. The van der Waals surface area contributed by atoms with Crippen LogP contribution in [-0.2, 0) is 22.4 Å². The van der Waals surface area contributed by atoms with Crippen LogP contribution in [0.15, 0.2) is 54.6 Å². The van der Waals surface area contributed by atoms with Crippen molar-refractivity contribution in [2.45, 2.75) is 45.1 Å². The van der Waals surface area contributed by atoms with Crippen LogP contribution >= 0.6 is 0 Å². The average molecular weight is 469 g/mol. The monoisotopic (exact) mass is 468 g/mol. The highest BCUT2D eigenvalue weighted by Gasteiger charge is 2.62. The number of rotatable bonds is 3. The molecule has 1 spiro atoms. The first-order valence-electron chi connectivity index (χ1n) is 12.4. The largest absolute Gasteiger partial charge is 0.352 e. The Morgan fingerprint density at radius 1 is 1.06 bits per heavy atom. The lowest BCUT2D eigenvalue weighted by atomic mass is 9.66. The number of urea groups is 1. The van der Waals surface area contributed by atoms with Crippen molar-refractivity contribution < 1.29 is 14.4 Å². The SMILES string of the molecule is Cc1ccc2nc3c(cc2c1)C[C@]1(C(=O)NC(=O)N(CCc2ccccc2)C1=O)[C@H]1CCCCN31. The van der Waals surface area contributed by atoms with E-state index in [0.29, 0.717) is 12.8 Å². The Hall–Kier alpha value is -3.74. The quantitative estimate of drug-likeness (QED) is 0.592. The van der Waals surface area contributed by atoms with E-state index in [0.717, 1.165) is 52.8 Å². The van der Waals surface area contributed by atoms with Gasteiger partial charge >= 0.3 is 6.03 Å². The fraction of sp³-hybridized carbons (Fsp3) is 0.357. The molecule has 0 saturated carbocycles. The lowest BCUT2D eigenvalue weighted by Gasteiger charge is -2.53. The number of piperidine rings is 1. The van der Waals surface area contributed by atoms with E-state index in [1.54, 1.807) is 0 Å². The lowest BCUT2D eigenvalue weighted by Crippen LogP contribution is -2.72. The molecule has 2 aromatic carbocycles. The Kier molecular flexibility index (Phi) is 5.09. The van der Waals surface area contributed by atoms with Gasteiger partial charge < -0.3 is 4.90 Å². The smallest absolute Gasteiger partial charge is 0.330 e. The molecule has 0 aliphatic carbocycles. The number of pyridine rings is 1. The molecule has 3 aromatic rings. The summed E-state index contributed by atoms with van der Waals surface area (Å²) in [6, 6.07) is 17.1. The molecule has 4 heterocycles. The fourth-order valence-electron chi connectivity index (χ4n) is 6.07. The summed E-state index contributed by atoms with van der Waals surface area (Å²) in [4.78, 5) is 48.9. The van der Waals surface area contributed by atoms with Crippen molar-refractivity contribution in [2.24, 2.45) is 5.41 Å². The minimum absolute atomic E-state index is 0.235. The van der Waals surface area contributed by atoms with E-state index in [1.807, 2.05) is 49.4 Å². The second-order valence-electron chi connectivity index (χ2n) is 9.97. The standard InChI is InChI=1S/C28H28N4O3/c1-18-10-11-22-20(15-18)16-21-17-28(23-9-5-6-13-31(23)24(21)29-22)25(33)30-27(35)32(26(28)34)14-12-19-7-3-2-4-8-19/h2-4,7-8,10-11,15-16,23H,5-6,9,12-14,17H2,1H3,(H,30,33,35)/t23-,28-/m1/s1. The molecule has 2 atom stereocenters. The van der Waals surface area contributed by atoms with Crippen LogP contribution in [0.3, 0.4) is 0 Å². The highest BCUT2D eigenvalue weighted by atomic mass is 16.2. The molecular formula is C28H28N4O3. The third-order valence-corrected chi connectivity index (χ3v) is 7.80. The number of carbonyl (C=O) groups is 3. The molecule has 178 valence electrons. The zero-order valence-corrected chi connectivity index (χ0v) is 19.8. The van der Waals surface area contributed by atoms with Crippen LogP contribution in [0.5, 0.6) is 0 Å². The first kappa shape index (κ1) is 21.8. The van der Waals surface area contributed by atoms with Crippen molar-refractivity contribution in [3.05, 3.63) is 71.3 Å². The molecule has 4 amide bonds. The van der Waals surface area contributed by atoms with E-state index in [-0.39, 0.29) is 24.9 Å². The van der Waals surface area contributed by atoms with Crippen LogP contribution in [-0.4, -0.2) is 46.9 Å². The predicted octanol–water partition coefficient (Wildman–Crippen LogP) is 3.77. The summed E-state index contributed by atoms with van der Waals surface area (Å²) in [7, 11) is 0. The molecule has 7 nitrogen and oxygen atoms in total. The normalized spacial score (nSPS) is 23.9. The van der Waals surface area contributed by atoms with Gasteiger partial charge in [0.15, 0.2) is 5.41 Å². The van der Waals surface area contributed by atoms with Gasteiger partial charge in [-0.1, -0.05) is 42.0 Å². The maximum Gasteiger partial charge on any atom is 0.330 e. The van der Waals surface area contributed by atoms with Crippen molar-refractivity contribution in [3.8, 4) is 0 Å². The highest BCUT2D eigenvalue weighted by molar-refractivity contribution is 6.20. The van der Waals surface area contributed by atoms with Crippen LogP contribution in [0.1, 0.15) is 36.0 Å². The predicted molar refractivity (Wildman–Crippen MR) is 133 cm³/mol. The average Bonchev–Trinajstić information content (AvgIpc) is 2.87. The number of anilines is 1. The van der Waals surface area contributed by atoms with Gasteiger partial charge in [0.25, 0.3) is 0 Å². The molecular weight excluding hydrogens is 440 g/mol. The molecule has 1 N–H and O–H groups in total. The van der Waals surface area contributed by atoms with E-state index in [1.165, 1.54) is 4.90 Å². The van der Waals surface area contributed by atoms with Crippen molar-refractivity contribution in [1.29, 1.82) is 0 Å². The van der Waals surface area contributed by atoms with Crippen LogP contribution in [0, 0.1) is 12.3 Å². The third-order valence-electron chi connectivity index (χ3n) is 7.80. The van der Waals surface area contributed by atoms with Crippen LogP contribution in [0.4, 0.5) is 10.6 Å². The van der Waals surface area contributed by atoms with Gasteiger partial charge in [-0.15, -0.1) is 0 Å². The molecule has 0 bridgehead atoms. The summed E-state index contributed by atoms with van der Waals surface area (Å²) in [5, 5.41) is 3.54. The molecule has 1 aromatic heterocycles. The summed E-state index contributed by atoms with van der Waals surface area (Å²) < 4.78 is 0. The molecule has 0 radical (unpaired) electrons. The first-order chi connectivity index (χ1) is 17.0. The van der Waals surface area contributed by atoms with E-state index in [4.69, 9.17) is 4.98 Å². The molecule has 7 heteroatoms. The van der Waals surface area contributed by atoms with Gasteiger partial charge in [-0.25, -0.2) is 9.78 Å². The number of nitrogens with zero attached hydrogens (tertiary/aromatic N) is 3. The van der Waals surface area contributed by atoms with E-state index < -0.39 is 17.4 Å². The Balaban J connectivity index is 1.43. The third kappa shape index (κ3) is 3.40. The number of aromatic nitrogens is 1. The van der Waals surface area contributed by atoms with Gasteiger partial charge in [-0.2, -0.15) is 0 Å². The van der Waals surface area contributed by atoms with Gasteiger partial charge in [0.1, 0.15) is 5.82 Å². The molecule has 0 unspecified atom stereocenters. The van der Waals surface area contributed by atoms with E-state index in [2.05, 4.69) is 22.3 Å². The summed E-state index contributed by atoms with van der Waals surface area (Å²) >= 11 is 0. The van der Waals surface area contributed by atoms with Crippen molar-refractivity contribution in [1.82, 2.24) is 15.2 Å². The Bertz CT molecular complexity index is 1360.